The molecule has 0 aromatic heterocycles. The predicted molar refractivity (Wildman–Crippen MR) is 136 cm³/mol. The van der Waals surface area contributed by atoms with Gasteiger partial charge in [-0.3, -0.25) is 4.39 Å². The van der Waals surface area contributed by atoms with E-state index in [0.29, 0.717) is 5.92 Å². The second-order valence-electron chi connectivity index (χ2n) is 9.55. The Morgan fingerprint density at radius 3 is 1.66 bits per heavy atom. The molecule has 3 aromatic carbocycles. The van der Waals surface area contributed by atoms with Gasteiger partial charge in [-0.25, -0.2) is 0 Å². The van der Waals surface area contributed by atoms with Gasteiger partial charge >= 0.3 is 0 Å². The average Bonchev–Trinajstić information content (AvgIpc) is 2.86. The van der Waals surface area contributed by atoms with Crippen molar-refractivity contribution in [3.8, 4) is 22.3 Å². The van der Waals surface area contributed by atoms with E-state index in [4.69, 9.17) is 0 Å². The first-order valence-corrected chi connectivity index (χ1v) is 12.6. The molecular formula is C31H37F. The maximum atomic E-state index is 12.3. The van der Waals surface area contributed by atoms with Gasteiger partial charge in [0.2, 0.25) is 0 Å². The lowest BCUT2D eigenvalue weighted by molar-refractivity contribution is 0.298. The highest BCUT2D eigenvalue weighted by atomic mass is 19.1. The van der Waals surface area contributed by atoms with Gasteiger partial charge in [-0.15, -0.1) is 0 Å². The van der Waals surface area contributed by atoms with Crippen molar-refractivity contribution >= 4 is 0 Å². The second kappa shape index (κ2) is 11.5. The van der Waals surface area contributed by atoms with Crippen LogP contribution < -0.4 is 0 Å². The molecular weight excluding hydrogens is 391 g/mol. The third-order valence-electron chi connectivity index (χ3n) is 7.27. The molecule has 0 radical (unpaired) electrons. The van der Waals surface area contributed by atoms with Crippen LogP contribution in [0.15, 0.2) is 72.8 Å². The van der Waals surface area contributed by atoms with Crippen LogP contribution in [0.5, 0.6) is 0 Å². The van der Waals surface area contributed by atoms with Gasteiger partial charge in [0.1, 0.15) is 0 Å². The van der Waals surface area contributed by atoms with Crippen LogP contribution in [0.3, 0.4) is 0 Å². The smallest absolute Gasteiger partial charge is 0.0894 e. The molecule has 0 saturated heterocycles. The first-order chi connectivity index (χ1) is 15.8. The quantitative estimate of drug-likeness (QED) is 0.298. The minimum atomic E-state index is -0.156. The van der Waals surface area contributed by atoms with Gasteiger partial charge in [0, 0.05) is 0 Å². The fourth-order valence-electron chi connectivity index (χ4n) is 5.27. The monoisotopic (exact) mass is 428 g/mol. The number of aryl methyl sites for hydroxylation is 1. The summed E-state index contributed by atoms with van der Waals surface area (Å²) in [4.78, 5) is 0. The van der Waals surface area contributed by atoms with Crippen LogP contribution in [0.2, 0.25) is 0 Å². The summed E-state index contributed by atoms with van der Waals surface area (Å²) < 4.78 is 12.3. The lowest BCUT2D eigenvalue weighted by Crippen LogP contribution is -2.13. The Kier molecular flexibility index (Phi) is 8.15. The molecule has 1 aliphatic carbocycles. The summed E-state index contributed by atoms with van der Waals surface area (Å²) in [5, 5.41) is 0. The molecule has 0 heterocycles. The third-order valence-corrected chi connectivity index (χ3v) is 7.27. The molecule has 0 aliphatic heterocycles. The van der Waals surface area contributed by atoms with E-state index >= 15 is 0 Å². The summed E-state index contributed by atoms with van der Waals surface area (Å²) in [6.07, 6.45) is 10.5. The first-order valence-electron chi connectivity index (χ1n) is 12.6. The van der Waals surface area contributed by atoms with Crippen molar-refractivity contribution < 1.29 is 4.39 Å². The van der Waals surface area contributed by atoms with E-state index in [1.807, 2.05) is 0 Å². The van der Waals surface area contributed by atoms with Crippen molar-refractivity contribution in [1.29, 1.82) is 0 Å². The molecule has 0 amide bonds. The summed E-state index contributed by atoms with van der Waals surface area (Å²) in [6, 6.07) is 27.2. The first kappa shape index (κ1) is 22.8. The lowest BCUT2D eigenvalue weighted by Gasteiger charge is -2.29. The second-order valence-corrected chi connectivity index (χ2v) is 9.55. The number of rotatable bonds is 9. The van der Waals surface area contributed by atoms with Crippen molar-refractivity contribution in [2.24, 2.45) is 5.92 Å². The SMILES string of the molecule is CCCc1ccc(-c2ccc(-c3ccc(C4CCC(CCCCF)CC4)cc3)cc2)cc1. The van der Waals surface area contributed by atoms with Crippen LogP contribution in [-0.4, -0.2) is 6.67 Å². The van der Waals surface area contributed by atoms with Gasteiger partial charge < -0.3 is 0 Å². The minimum Gasteiger partial charge on any atom is -0.251 e. The Morgan fingerprint density at radius 2 is 1.16 bits per heavy atom. The number of hydrogen-bond donors (Lipinski definition) is 0. The maximum absolute atomic E-state index is 12.3. The van der Waals surface area contributed by atoms with Gasteiger partial charge in [0.05, 0.1) is 6.67 Å². The molecule has 1 saturated carbocycles. The summed E-state index contributed by atoms with van der Waals surface area (Å²) in [6.45, 7) is 2.07. The molecule has 0 unspecified atom stereocenters. The number of benzene rings is 3. The molecule has 0 N–H and O–H groups in total. The zero-order valence-electron chi connectivity index (χ0n) is 19.5. The molecule has 1 aliphatic rings. The van der Waals surface area contributed by atoms with Gasteiger partial charge in [0.25, 0.3) is 0 Å². The van der Waals surface area contributed by atoms with Crippen LogP contribution in [0, 0.1) is 5.92 Å². The molecule has 0 atom stereocenters. The molecule has 4 rings (SSSR count). The standard InChI is InChI=1S/C31H37F/c1-2-5-24-7-11-26(12-8-24)28-15-19-30(20-16-28)31-21-17-29(18-22-31)27-13-9-25(10-14-27)6-3-4-23-32/h7-8,11-12,15-22,25,27H,2-6,9-10,13-14,23H2,1H3. The number of hydrogen-bond acceptors (Lipinski definition) is 0. The highest BCUT2D eigenvalue weighted by Crippen LogP contribution is 2.38. The van der Waals surface area contributed by atoms with E-state index < -0.39 is 0 Å². The van der Waals surface area contributed by atoms with Crippen molar-refractivity contribution in [1.82, 2.24) is 0 Å². The molecule has 168 valence electrons. The van der Waals surface area contributed by atoms with Crippen LogP contribution in [0.4, 0.5) is 4.39 Å². The minimum absolute atomic E-state index is 0.156. The number of unbranched alkanes of at least 4 members (excludes halogenated alkanes) is 1. The molecule has 0 nitrogen and oxygen atoms in total. The van der Waals surface area contributed by atoms with Crippen LogP contribution in [0.1, 0.15) is 75.3 Å². The van der Waals surface area contributed by atoms with Gasteiger partial charge in [-0.1, -0.05) is 99.0 Å². The number of alkyl halides is 1. The van der Waals surface area contributed by atoms with Crippen molar-refractivity contribution in [2.45, 2.75) is 70.6 Å². The predicted octanol–water partition coefficient (Wildman–Crippen LogP) is 9.39. The normalized spacial score (nSPS) is 18.6. The summed E-state index contributed by atoms with van der Waals surface area (Å²) in [7, 11) is 0. The highest BCUT2D eigenvalue weighted by Gasteiger charge is 2.22. The maximum Gasteiger partial charge on any atom is 0.0894 e. The average molecular weight is 429 g/mol. The van der Waals surface area contributed by atoms with E-state index in [-0.39, 0.29) is 6.67 Å². The largest absolute Gasteiger partial charge is 0.251 e. The van der Waals surface area contributed by atoms with Crippen LogP contribution in [-0.2, 0) is 6.42 Å². The fourth-order valence-corrected chi connectivity index (χ4v) is 5.27. The zero-order chi connectivity index (χ0) is 22.2. The van der Waals surface area contributed by atoms with Crippen molar-refractivity contribution in [2.75, 3.05) is 6.67 Å². The van der Waals surface area contributed by atoms with Crippen LogP contribution in [0.25, 0.3) is 22.3 Å². The summed E-state index contributed by atoms with van der Waals surface area (Å²) >= 11 is 0. The summed E-state index contributed by atoms with van der Waals surface area (Å²) in [5.41, 5.74) is 8.03. The van der Waals surface area contributed by atoms with Gasteiger partial charge in [0.15, 0.2) is 0 Å². The molecule has 0 spiro atoms. The molecule has 3 aromatic rings. The van der Waals surface area contributed by atoms with E-state index in [1.54, 1.807) is 0 Å². The van der Waals surface area contributed by atoms with Crippen molar-refractivity contribution in [3.63, 3.8) is 0 Å². The zero-order valence-corrected chi connectivity index (χ0v) is 19.5. The van der Waals surface area contributed by atoms with Crippen LogP contribution >= 0.6 is 0 Å². The Hall–Kier alpha value is -2.41. The van der Waals surface area contributed by atoms with Gasteiger partial charge in [-0.05, 0) is 83.7 Å². The molecule has 1 heteroatoms. The highest BCUT2D eigenvalue weighted by molar-refractivity contribution is 5.70. The lowest BCUT2D eigenvalue weighted by atomic mass is 9.77. The Bertz CT molecular complexity index is 929. The molecule has 0 bridgehead atoms. The van der Waals surface area contributed by atoms with Gasteiger partial charge in [-0.2, -0.15) is 0 Å². The Balaban J connectivity index is 1.35. The Labute approximate surface area is 193 Å². The molecule has 32 heavy (non-hydrogen) atoms. The molecule has 1 fully saturated rings. The summed E-state index contributed by atoms with van der Waals surface area (Å²) in [5.74, 6) is 1.51. The van der Waals surface area contributed by atoms with E-state index in [1.165, 1.54) is 71.9 Å². The topological polar surface area (TPSA) is 0 Å². The third kappa shape index (κ3) is 5.88. The Morgan fingerprint density at radius 1 is 0.656 bits per heavy atom. The van der Waals surface area contributed by atoms with E-state index in [2.05, 4.69) is 79.7 Å². The van der Waals surface area contributed by atoms with E-state index in [0.717, 1.165) is 25.2 Å². The number of halogens is 1. The van der Waals surface area contributed by atoms with Crippen molar-refractivity contribution in [3.05, 3.63) is 83.9 Å². The van der Waals surface area contributed by atoms with E-state index in [9.17, 15) is 4.39 Å². The fraction of sp³-hybridized carbons (Fsp3) is 0.419.